The smallest absolute Gasteiger partial charge is 0.273 e. The maximum absolute atomic E-state index is 12.6. The third-order valence-electron chi connectivity index (χ3n) is 4.04. The summed E-state index contributed by atoms with van der Waals surface area (Å²) in [7, 11) is 1.35. The molecular weight excluding hydrogens is 402 g/mol. The highest BCUT2D eigenvalue weighted by Crippen LogP contribution is 2.31. The number of aryl methyl sites for hydroxylation is 1. The molecule has 0 bridgehead atoms. The van der Waals surface area contributed by atoms with Crippen LogP contribution in [0, 0.1) is 6.92 Å². The SMILES string of the molecule is [2H]C([2H])([2H])NC(=O)c1nnc(Nc2cc(C)ccn2)cc1Nc1nccc(/C(N)=N/O)c1OC. The van der Waals surface area contributed by atoms with Gasteiger partial charge in [-0.05, 0) is 30.7 Å². The molecule has 31 heavy (non-hydrogen) atoms. The molecule has 3 rings (SSSR count). The number of carbonyl (C=O) groups is 1. The summed E-state index contributed by atoms with van der Waals surface area (Å²) in [5.41, 5.74) is 6.60. The number of oxime groups is 1. The molecule has 3 aromatic heterocycles. The number of pyridine rings is 2. The van der Waals surface area contributed by atoms with E-state index in [0.29, 0.717) is 5.82 Å². The molecule has 1 amide bonds. The normalized spacial score (nSPS) is 12.8. The summed E-state index contributed by atoms with van der Waals surface area (Å²) in [6.45, 7) is -0.861. The molecule has 0 spiro atoms. The Morgan fingerprint density at radius 3 is 2.71 bits per heavy atom. The highest BCUT2D eigenvalue weighted by molar-refractivity contribution is 6.02. The van der Waals surface area contributed by atoms with Crippen molar-refractivity contribution in [3.63, 3.8) is 0 Å². The van der Waals surface area contributed by atoms with Crippen LogP contribution in [0.25, 0.3) is 0 Å². The Morgan fingerprint density at radius 1 is 1.19 bits per heavy atom. The summed E-state index contributed by atoms with van der Waals surface area (Å²) in [6, 6.07) is 6.47. The number of amidine groups is 1. The lowest BCUT2D eigenvalue weighted by Gasteiger charge is -2.15. The molecule has 0 atom stereocenters. The van der Waals surface area contributed by atoms with Gasteiger partial charge in [-0.3, -0.25) is 4.79 Å². The number of amides is 1. The first-order valence-electron chi connectivity index (χ1n) is 10.3. The van der Waals surface area contributed by atoms with Crippen LogP contribution in [0.1, 0.15) is 25.7 Å². The lowest BCUT2D eigenvalue weighted by atomic mass is 10.2. The van der Waals surface area contributed by atoms with E-state index in [2.05, 4.69) is 36.0 Å². The van der Waals surface area contributed by atoms with Crippen LogP contribution in [-0.2, 0) is 0 Å². The zero-order valence-electron chi connectivity index (χ0n) is 19.5. The Balaban J connectivity index is 2.06. The number of hydrogen-bond acceptors (Lipinski definition) is 10. The summed E-state index contributed by atoms with van der Waals surface area (Å²) < 4.78 is 27.3. The minimum atomic E-state index is -2.75. The summed E-state index contributed by atoms with van der Waals surface area (Å²) in [5.74, 6) is -0.360. The topological polar surface area (TPSA) is 173 Å². The first kappa shape index (κ1) is 17.4. The highest BCUT2D eigenvalue weighted by atomic mass is 16.5. The lowest BCUT2D eigenvalue weighted by Crippen LogP contribution is -2.22. The van der Waals surface area contributed by atoms with E-state index in [-0.39, 0.29) is 40.2 Å². The van der Waals surface area contributed by atoms with Crippen LogP contribution in [0.4, 0.5) is 23.1 Å². The van der Waals surface area contributed by atoms with Crippen molar-refractivity contribution < 1.29 is 18.9 Å². The maximum atomic E-state index is 12.6. The number of anilines is 4. The molecule has 0 aliphatic rings. The number of ether oxygens (including phenoxy) is 1. The zero-order chi connectivity index (χ0) is 24.9. The molecule has 0 aliphatic carbocycles. The van der Waals surface area contributed by atoms with Gasteiger partial charge in [0.25, 0.3) is 5.91 Å². The van der Waals surface area contributed by atoms with Gasteiger partial charge in [0.05, 0.1) is 18.4 Å². The minimum absolute atomic E-state index is 0.0503. The summed E-state index contributed by atoms with van der Waals surface area (Å²) in [5, 5.41) is 27.5. The molecular formula is C19H21N9O3. The predicted octanol–water partition coefficient (Wildman–Crippen LogP) is 1.52. The molecule has 3 aromatic rings. The van der Waals surface area contributed by atoms with Gasteiger partial charge >= 0.3 is 0 Å². The van der Waals surface area contributed by atoms with Gasteiger partial charge in [-0.1, -0.05) is 5.16 Å². The number of rotatable bonds is 7. The minimum Gasteiger partial charge on any atom is -0.492 e. The standard InChI is InChI=1S/C19H21N9O3/c1-10-4-6-22-13(8-10)25-14-9-12(15(27-26-14)19(29)21-2)24-18-16(31-3)11(5-7-23-18)17(20)28-30/h4-9,30H,1-3H3,(H2,20,28)(H,21,29)(H2,22,23,24,25,26)/i2D3. The number of nitrogens with two attached hydrogens (primary N) is 1. The maximum Gasteiger partial charge on any atom is 0.273 e. The van der Waals surface area contributed by atoms with E-state index in [0.717, 1.165) is 5.56 Å². The van der Waals surface area contributed by atoms with Crippen LogP contribution in [0.5, 0.6) is 5.75 Å². The Morgan fingerprint density at radius 2 is 2.00 bits per heavy atom. The molecule has 0 aromatic carbocycles. The van der Waals surface area contributed by atoms with Crippen molar-refractivity contribution in [2.75, 3.05) is 24.7 Å². The van der Waals surface area contributed by atoms with Gasteiger partial charge in [0, 0.05) is 29.5 Å². The van der Waals surface area contributed by atoms with Crippen LogP contribution in [-0.4, -0.2) is 51.2 Å². The molecule has 0 saturated heterocycles. The molecule has 160 valence electrons. The van der Waals surface area contributed by atoms with E-state index in [1.54, 1.807) is 12.3 Å². The van der Waals surface area contributed by atoms with Crippen molar-refractivity contribution in [3.8, 4) is 5.75 Å². The number of nitrogens with zero attached hydrogens (tertiary/aromatic N) is 5. The fourth-order valence-electron chi connectivity index (χ4n) is 2.64. The van der Waals surface area contributed by atoms with E-state index in [9.17, 15) is 4.79 Å². The van der Waals surface area contributed by atoms with E-state index in [1.165, 1.54) is 25.4 Å². The van der Waals surface area contributed by atoms with Gasteiger partial charge in [0.1, 0.15) is 5.82 Å². The zero-order valence-corrected chi connectivity index (χ0v) is 16.5. The highest BCUT2D eigenvalue weighted by Gasteiger charge is 2.19. The average molecular weight is 426 g/mol. The van der Waals surface area contributed by atoms with Crippen molar-refractivity contribution >= 4 is 34.9 Å². The summed E-state index contributed by atoms with van der Waals surface area (Å²) in [6.07, 6.45) is 2.97. The van der Waals surface area contributed by atoms with E-state index in [4.69, 9.17) is 19.8 Å². The fourth-order valence-corrected chi connectivity index (χ4v) is 2.64. The molecule has 6 N–H and O–H groups in total. The number of carbonyl (C=O) groups excluding carboxylic acids is 1. The van der Waals surface area contributed by atoms with Crippen LogP contribution in [0.2, 0.25) is 0 Å². The van der Waals surface area contributed by atoms with Crippen molar-refractivity contribution in [3.05, 3.63) is 53.5 Å². The third-order valence-corrected chi connectivity index (χ3v) is 4.04. The van der Waals surface area contributed by atoms with E-state index < -0.39 is 12.9 Å². The first-order valence-corrected chi connectivity index (χ1v) is 8.79. The van der Waals surface area contributed by atoms with Gasteiger partial charge in [-0.2, -0.15) is 0 Å². The van der Waals surface area contributed by atoms with Crippen LogP contribution in [0.3, 0.4) is 0 Å². The van der Waals surface area contributed by atoms with Crippen molar-refractivity contribution in [2.24, 2.45) is 10.9 Å². The van der Waals surface area contributed by atoms with Crippen LogP contribution < -0.4 is 26.4 Å². The third kappa shape index (κ3) is 4.75. The van der Waals surface area contributed by atoms with Crippen molar-refractivity contribution in [1.82, 2.24) is 25.5 Å². The molecule has 0 aliphatic heterocycles. The molecule has 12 nitrogen and oxygen atoms in total. The Hall–Kier alpha value is -4.48. The molecule has 0 unspecified atom stereocenters. The molecule has 0 saturated carbocycles. The molecule has 12 heteroatoms. The van der Waals surface area contributed by atoms with E-state index in [1.807, 2.05) is 18.3 Å². The van der Waals surface area contributed by atoms with Crippen LogP contribution >= 0.6 is 0 Å². The molecule has 3 heterocycles. The Bertz CT molecular complexity index is 1240. The Kier molecular flexibility index (Phi) is 5.24. The predicted molar refractivity (Wildman–Crippen MR) is 114 cm³/mol. The van der Waals surface area contributed by atoms with Gasteiger partial charge in [0.15, 0.2) is 28.9 Å². The second kappa shape index (κ2) is 9.35. The monoisotopic (exact) mass is 426 g/mol. The average Bonchev–Trinajstić information content (AvgIpc) is 2.77. The van der Waals surface area contributed by atoms with Gasteiger partial charge in [-0.25, -0.2) is 9.97 Å². The van der Waals surface area contributed by atoms with E-state index >= 15 is 0 Å². The summed E-state index contributed by atoms with van der Waals surface area (Å²) in [4.78, 5) is 20.9. The van der Waals surface area contributed by atoms with Crippen LogP contribution in [0.15, 0.2) is 41.8 Å². The van der Waals surface area contributed by atoms with Gasteiger partial charge < -0.3 is 31.6 Å². The van der Waals surface area contributed by atoms with Gasteiger partial charge in [-0.15, -0.1) is 10.2 Å². The molecule has 0 radical (unpaired) electrons. The second-order valence-electron chi connectivity index (χ2n) is 6.14. The fraction of sp³-hybridized carbons (Fsp3) is 0.158. The largest absolute Gasteiger partial charge is 0.492 e. The molecule has 0 fully saturated rings. The van der Waals surface area contributed by atoms with Crippen molar-refractivity contribution in [1.29, 1.82) is 0 Å². The lowest BCUT2D eigenvalue weighted by molar-refractivity contribution is 0.0958. The summed E-state index contributed by atoms with van der Waals surface area (Å²) >= 11 is 0. The quantitative estimate of drug-likeness (QED) is 0.161. The number of nitrogens with one attached hydrogen (secondary N) is 3. The van der Waals surface area contributed by atoms with Gasteiger partial charge in [0.2, 0.25) is 0 Å². The number of aromatic nitrogens is 4. The number of methoxy groups -OCH3 is 1. The second-order valence-corrected chi connectivity index (χ2v) is 6.14. The Labute approximate surface area is 181 Å². The first-order chi connectivity index (χ1) is 16.1. The number of hydrogen-bond donors (Lipinski definition) is 5. The van der Waals surface area contributed by atoms with Crippen molar-refractivity contribution in [2.45, 2.75) is 6.92 Å².